The summed E-state index contributed by atoms with van der Waals surface area (Å²) in [5.41, 5.74) is 0. The first-order valence-electron chi connectivity index (χ1n) is 5.93. The molecule has 1 heterocycles. The number of nitrogens with zero attached hydrogens (tertiary/aromatic N) is 1. The average molecular weight is 295 g/mol. The second kappa shape index (κ2) is 6.76. The Balaban J connectivity index is 2.55. The van der Waals surface area contributed by atoms with E-state index < -0.39 is 24.8 Å². The van der Waals surface area contributed by atoms with Crippen molar-refractivity contribution in [3.8, 4) is 0 Å². The van der Waals surface area contributed by atoms with Crippen LogP contribution in [0.4, 0.5) is 13.2 Å². The number of carbonyl (C=O) groups excluding carboxylic acids is 1. The molecular formula is C12H16F3NO4. The van der Waals surface area contributed by atoms with Crippen molar-refractivity contribution >= 4 is 5.97 Å². The lowest BCUT2D eigenvalue weighted by molar-refractivity contribution is -0.207. The van der Waals surface area contributed by atoms with Gasteiger partial charge in [0.25, 0.3) is 0 Å². The van der Waals surface area contributed by atoms with E-state index in [4.69, 9.17) is 14.3 Å². The minimum atomic E-state index is -4.66. The van der Waals surface area contributed by atoms with Gasteiger partial charge in [-0.1, -0.05) is 0 Å². The number of furan rings is 1. The third-order valence-electron chi connectivity index (χ3n) is 2.43. The third-order valence-corrected chi connectivity index (χ3v) is 2.43. The van der Waals surface area contributed by atoms with Gasteiger partial charge in [-0.2, -0.15) is 13.2 Å². The Morgan fingerprint density at radius 1 is 1.50 bits per heavy atom. The van der Waals surface area contributed by atoms with E-state index in [0.29, 0.717) is 5.76 Å². The van der Waals surface area contributed by atoms with Crippen LogP contribution in [0.3, 0.4) is 0 Å². The van der Waals surface area contributed by atoms with E-state index in [0.717, 1.165) is 0 Å². The summed E-state index contributed by atoms with van der Waals surface area (Å²) in [7, 11) is 1.40. The lowest BCUT2D eigenvalue weighted by Gasteiger charge is -2.21. The lowest BCUT2D eigenvalue weighted by Crippen LogP contribution is -2.39. The third kappa shape index (κ3) is 4.86. The van der Waals surface area contributed by atoms with Crippen molar-refractivity contribution in [1.29, 1.82) is 0 Å². The molecular weight excluding hydrogens is 279 g/mol. The number of alkyl halides is 3. The predicted octanol–water partition coefficient (Wildman–Crippen LogP) is 1.81. The molecule has 1 aromatic rings. The molecule has 1 atom stereocenters. The molecule has 114 valence electrons. The maximum absolute atomic E-state index is 12.2. The van der Waals surface area contributed by atoms with Crippen LogP contribution in [0.5, 0.6) is 0 Å². The van der Waals surface area contributed by atoms with Gasteiger partial charge < -0.3 is 14.3 Å². The fourth-order valence-corrected chi connectivity index (χ4v) is 1.50. The first-order valence-corrected chi connectivity index (χ1v) is 5.93. The van der Waals surface area contributed by atoms with Crippen LogP contribution in [0.25, 0.3) is 0 Å². The van der Waals surface area contributed by atoms with Gasteiger partial charge in [0.2, 0.25) is 5.76 Å². The zero-order valence-electron chi connectivity index (χ0n) is 11.1. The zero-order valence-corrected chi connectivity index (χ0v) is 11.1. The molecule has 0 saturated heterocycles. The van der Waals surface area contributed by atoms with Crippen LogP contribution in [-0.4, -0.2) is 48.5 Å². The van der Waals surface area contributed by atoms with E-state index in [-0.39, 0.29) is 18.9 Å². The highest BCUT2D eigenvalue weighted by Gasteiger charge is 2.38. The summed E-state index contributed by atoms with van der Waals surface area (Å²) in [6, 6.07) is 2.87. The molecule has 0 aliphatic carbocycles. The second-order valence-corrected chi connectivity index (χ2v) is 4.24. The average Bonchev–Trinajstić information content (AvgIpc) is 2.76. The van der Waals surface area contributed by atoms with E-state index in [1.807, 2.05) is 0 Å². The summed E-state index contributed by atoms with van der Waals surface area (Å²) in [6.07, 6.45) is -7.08. The quantitative estimate of drug-likeness (QED) is 0.811. The molecule has 0 fully saturated rings. The van der Waals surface area contributed by atoms with Crippen molar-refractivity contribution in [2.24, 2.45) is 0 Å². The molecule has 8 heteroatoms. The van der Waals surface area contributed by atoms with Gasteiger partial charge in [-0.3, -0.25) is 4.90 Å². The predicted molar refractivity (Wildman–Crippen MR) is 63.1 cm³/mol. The molecule has 0 aliphatic rings. The second-order valence-electron chi connectivity index (χ2n) is 4.24. The minimum Gasteiger partial charge on any atom is -0.460 e. The summed E-state index contributed by atoms with van der Waals surface area (Å²) >= 11 is 0. The van der Waals surface area contributed by atoms with Crippen LogP contribution < -0.4 is 0 Å². The summed E-state index contributed by atoms with van der Waals surface area (Å²) in [6.45, 7) is 1.30. The van der Waals surface area contributed by atoms with Gasteiger partial charge in [0, 0.05) is 6.54 Å². The van der Waals surface area contributed by atoms with E-state index in [1.54, 1.807) is 6.92 Å². The number of carbonyl (C=O) groups is 1. The first kappa shape index (κ1) is 16.5. The van der Waals surface area contributed by atoms with Crippen molar-refractivity contribution in [2.75, 3.05) is 20.2 Å². The maximum Gasteiger partial charge on any atom is 0.415 e. The van der Waals surface area contributed by atoms with Gasteiger partial charge >= 0.3 is 12.1 Å². The summed E-state index contributed by atoms with van der Waals surface area (Å²) in [5, 5.41) is 8.93. The number of hydrogen-bond donors (Lipinski definition) is 1. The Morgan fingerprint density at radius 2 is 2.15 bits per heavy atom. The Kier molecular flexibility index (Phi) is 5.58. The number of halogens is 3. The van der Waals surface area contributed by atoms with Crippen LogP contribution in [0.2, 0.25) is 0 Å². The van der Waals surface area contributed by atoms with Crippen LogP contribution in [0.15, 0.2) is 16.5 Å². The van der Waals surface area contributed by atoms with Gasteiger partial charge in [-0.25, -0.2) is 4.79 Å². The van der Waals surface area contributed by atoms with E-state index in [1.165, 1.54) is 24.1 Å². The molecule has 0 spiro atoms. The fourth-order valence-electron chi connectivity index (χ4n) is 1.50. The summed E-state index contributed by atoms with van der Waals surface area (Å²) in [5.74, 6) is -0.326. The highest BCUT2D eigenvalue weighted by Crippen LogP contribution is 2.21. The van der Waals surface area contributed by atoms with E-state index >= 15 is 0 Å². The molecule has 1 unspecified atom stereocenters. The van der Waals surface area contributed by atoms with Crippen molar-refractivity contribution < 1.29 is 32.2 Å². The standard InChI is InChI=1S/C12H16F3NO4/c1-3-19-11(18)9-5-4-8(20-9)6-16(2)7-10(17)12(13,14)15/h4-5,10,17H,3,6-7H2,1-2H3. The van der Waals surface area contributed by atoms with Gasteiger partial charge in [-0.15, -0.1) is 0 Å². The summed E-state index contributed by atoms with van der Waals surface area (Å²) < 4.78 is 46.4. The topological polar surface area (TPSA) is 62.9 Å². The molecule has 0 radical (unpaired) electrons. The monoisotopic (exact) mass is 295 g/mol. The highest BCUT2D eigenvalue weighted by molar-refractivity contribution is 5.86. The van der Waals surface area contributed by atoms with Crippen LogP contribution in [-0.2, 0) is 11.3 Å². The molecule has 0 aromatic carbocycles. The molecule has 20 heavy (non-hydrogen) atoms. The van der Waals surface area contributed by atoms with Crippen LogP contribution in [0.1, 0.15) is 23.2 Å². The zero-order chi connectivity index (χ0) is 15.3. The molecule has 5 nitrogen and oxygen atoms in total. The van der Waals surface area contributed by atoms with Gasteiger partial charge in [0.15, 0.2) is 6.10 Å². The van der Waals surface area contributed by atoms with E-state index in [9.17, 15) is 18.0 Å². The summed E-state index contributed by atoms with van der Waals surface area (Å²) in [4.78, 5) is 12.6. The van der Waals surface area contributed by atoms with Crippen molar-refractivity contribution in [2.45, 2.75) is 25.7 Å². The largest absolute Gasteiger partial charge is 0.460 e. The van der Waals surface area contributed by atoms with Gasteiger partial charge in [0.1, 0.15) is 5.76 Å². The smallest absolute Gasteiger partial charge is 0.415 e. The number of likely N-dealkylation sites (N-methyl/N-ethyl adjacent to an activating group) is 1. The number of aliphatic hydroxyl groups excluding tert-OH is 1. The Hall–Kier alpha value is -1.54. The van der Waals surface area contributed by atoms with Crippen LogP contribution >= 0.6 is 0 Å². The van der Waals surface area contributed by atoms with Crippen LogP contribution in [0, 0.1) is 0 Å². The number of esters is 1. The lowest BCUT2D eigenvalue weighted by atomic mass is 10.3. The Labute approximate surface area is 113 Å². The SMILES string of the molecule is CCOC(=O)c1ccc(CN(C)CC(O)C(F)(F)F)o1. The Morgan fingerprint density at radius 3 is 2.70 bits per heavy atom. The van der Waals surface area contributed by atoms with Gasteiger partial charge in [-0.05, 0) is 26.1 Å². The van der Waals surface area contributed by atoms with E-state index in [2.05, 4.69) is 0 Å². The van der Waals surface area contributed by atoms with Crippen molar-refractivity contribution in [3.05, 3.63) is 23.7 Å². The molecule has 0 saturated carbocycles. The molecule has 1 rings (SSSR count). The normalized spacial score (nSPS) is 13.6. The highest BCUT2D eigenvalue weighted by atomic mass is 19.4. The number of hydrogen-bond acceptors (Lipinski definition) is 5. The molecule has 0 aliphatic heterocycles. The van der Waals surface area contributed by atoms with Crippen molar-refractivity contribution in [1.82, 2.24) is 4.90 Å². The van der Waals surface area contributed by atoms with Gasteiger partial charge in [0.05, 0.1) is 13.2 Å². The molecule has 0 bridgehead atoms. The Bertz CT molecular complexity index is 444. The minimum absolute atomic E-state index is 0.00776. The van der Waals surface area contributed by atoms with Crippen molar-refractivity contribution in [3.63, 3.8) is 0 Å². The maximum atomic E-state index is 12.2. The number of aliphatic hydroxyl groups is 1. The number of ether oxygens (including phenoxy) is 1. The molecule has 0 amide bonds. The molecule has 1 aromatic heterocycles. The fraction of sp³-hybridized carbons (Fsp3) is 0.583. The first-order chi connectivity index (χ1) is 9.24. The molecule has 1 N–H and O–H groups in total. The number of rotatable bonds is 6.